The lowest BCUT2D eigenvalue weighted by atomic mass is 10.1. The minimum absolute atomic E-state index is 0.129. The molecule has 88 valence electrons. The van der Waals surface area contributed by atoms with E-state index in [1.54, 1.807) is 25.1 Å². The first kappa shape index (κ1) is 12.6. The van der Waals surface area contributed by atoms with Crippen molar-refractivity contribution in [1.29, 1.82) is 0 Å². The Morgan fingerprint density at radius 2 is 2.06 bits per heavy atom. The number of hydrogen-bond acceptors (Lipinski definition) is 2. The third-order valence-electron chi connectivity index (χ3n) is 2.29. The van der Waals surface area contributed by atoms with Gasteiger partial charge in [0.05, 0.1) is 6.04 Å². The van der Waals surface area contributed by atoms with Crippen molar-refractivity contribution in [2.45, 2.75) is 32.4 Å². The fourth-order valence-electron chi connectivity index (χ4n) is 1.42. The highest BCUT2D eigenvalue weighted by molar-refractivity contribution is 5.81. The Morgan fingerprint density at radius 1 is 1.44 bits per heavy atom. The van der Waals surface area contributed by atoms with Crippen molar-refractivity contribution in [1.82, 2.24) is 5.32 Å². The Hall–Kier alpha value is -1.42. The van der Waals surface area contributed by atoms with Crippen LogP contribution >= 0.6 is 0 Å². The molecule has 0 aliphatic carbocycles. The van der Waals surface area contributed by atoms with Crippen molar-refractivity contribution in [3.8, 4) is 0 Å². The van der Waals surface area contributed by atoms with E-state index < -0.39 is 6.04 Å². The zero-order chi connectivity index (χ0) is 12.1. The van der Waals surface area contributed by atoms with Crippen LogP contribution in [0.25, 0.3) is 0 Å². The molecule has 1 unspecified atom stereocenters. The SMILES string of the molecule is CC(Cc1ccccc1F)NC(=O)[C@@H](C)N. The van der Waals surface area contributed by atoms with Gasteiger partial charge in [0.25, 0.3) is 0 Å². The molecule has 3 nitrogen and oxygen atoms in total. The second-order valence-electron chi connectivity index (χ2n) is 3.99. The Bertz CT molecular complexity index is 366. The lowest BCUT2D eigenvalue weighted by molar-refractivity contribution is -0.122. The molecule has 0 radical (unpaired) electrons. The molecule has 1 aromatic rings. The lowest BCUT2D eigenvalue weighted by Gasteiger charge is -2.15. The van der Waals surface area contributed by atoms with Crippen LogP contribution in [0.3, 0.4) is 0 Å². The van der Waals surface area contributed by atoms with Gasteiger partial charge in [-0.25, -0.2) is 4.39 Å². The fourth-order valence-corrected chi connectivity index (χ4v) is 1.42. The number of benzene rings is 1. The minimum Gasteiger partial charge on any atom is -0.352 e. The van der Waals surface area contributed by atoms with Gasteiger partial charge in [-0.05, 0) is 31.9 Å². The van der Waals surface area contributed by atoms with Gasteiger partial charge in [0.15, 0.2) is 0 Å². The number of nitrogens with two attached hydrogens (primary N) is 1. The Balaban J connectivity index is 2.55. The van der Waals surface area contributed by atoms with Crippen LogP contribution in [0.15, 0.2) is 24.3 Å². The highest BCUT2D eigenvalue weighted by Gasteiger charge is 2.12. The van der Waals surface area contributed by atoms with E-state index in [1.807, 2.05) is 6.92 Å². The molecule has 1 aromatic carbocycles. The second-order valence-corrected chi connectivity index (χ2v) is 3.99. The summed E-state index contributed by atoms with van der Waals surface area (Å²) in [5, 5.41) is 2.72. The van der Waals surface area contributed by atoms with Crippen LogP contribution < -0.4 is 11.1 Å². The summed E-state index contributed by atoms with van der Waals surface area (Å²) in [6.45, 7) is 3.44. The maximum Gasteiger partial charge on any atom is 0.236 e. The minimum atomic E-state index is -0.539. The smallest absolute Gasteiger partial charge is 0.236 e. The summed E-state index contributed by atoms with van der Waals surface area (Å²) in [4.78, 5) is 11.3. The molecule has 0 aromatic heterocycles. The van der Waals surface area contributed by atoms with Gasteiger partial charge in [-0.2, -0.15) is 0 Å². The van der Waals surface area contributed by atoms with E-state index >= 15 is 0 Å². The third-order valence-corrected chi connectivity index (χ3v) is 2.29. The molecule has 0 fully saturated rings. The van der Waals surface area contributed by atoms with Gasteiger partial charge in [0, 0.05) is 6.04 Å². The van der Waals surface area contributed by atoms with E-state index in [0.717, 1.165) is 0 Å². The first-order valence-electron chi connectivity index (χ1n) is 5.30. The standard InChI is InChI=1S/C12H17FN2O/c1-8(15-12(16)9(2)14)7-10-5-3-4-6-11(10)13/h3-6,8-9H,7,14H2,1-2H3,(H,15,16)/t8?,9-/m1/s1. The molecule has 0 aliphatic rings. The molecule has 16 heavy (non-hydrogen) atoms. The Morgan fingerprint density at radius 3 is 2.62 bits per heavy atom. The summed E-state index contributed by atoms with van der Waals surface area (Å²) in [7, 11) is 0. The molecule has 4 heteroatoms. The summed E-state index contributed by atoms with van der Waals surface area (Å²) >= 11 is 0. The first-order valence-corrected chi connectivity index (χ1v) is 5.30. The van der Waals surface area contributed by atoms with E-state index in [-0.39, 0.29) is 17.8 Å². The summed E-state index contributed by atoms with van der Waals surface area (Å²) in [6, 6.07) is 5.88. The van der Waals surface area contributed by atoms with E-state index in [4.69, 9.17) is 5.73 Å². The van der Waals surface area contributed by atoms with Crippen LogP contribution in [0.1, 0.15) is 19.4 Å². The van der Waals surface area contributed by atoms with Gasteiger partial charge >= 0.3 is 0 Å². The van der Waals surface area contributed by atoms with Crippen LogP contribution in [0.5, 0.6) is 0 Å². The zero-order valence-electron chi connectivity index (χ0n) is 9.53. The number of carbonyl (C=O) groups is 1. The maximum absolute atomic E-state index is 13.3. The van der Waals surface area contributed by atoms with Gasteiger partial charge in [0.1, 0.15) is 5.82 Å². The van der Waals surface area contributed by atoms with Crippen molar-refractivity contribution >= 4 is 5.91 Å². The van der Waals surface area contributed by atoms with Crippen molar-refractivity contribution in [3.63, 3.8) is 0 Å². The highest BCUT2D eigenvalue weighted by Crippen LogP contribution is 2.08. The molecule has 0 heterocycles. The zero-order valence-corrected chi connectivity index (χ0v) is 9.53. The van der Waals surface area contributed by atoms with Crippen LogP contribution in [0.4, 0.5) is 4.39 Å². The molecule has 0 saturated carbocycles. The molecule has 1 rings (SSSR count). The molecule has 1 amide bonds. The van der Waals surface area contributed by atoms with Crippen LogP contribution in [0, 0.1) is 5.82 Å². The van der Waals surface area contributed by atoms with Gasteiger partial charge < -0.3 is 11.1 Å². The molecular weight excluding hydrogens is 207 g/mol. The van der Waals surface area contributed by atoms with Crippen LogP contribution in [-0.4, -0.2) is 18.0 Å². The van der Waals surface area contributed by atoms with Gasteiger partial charge in [0.2, 0.25) is 5.91 Å². The molecule has 0 bridgehead atoms. The topological polar surface area (TPSA) is 55.1 Å². The van der Waals surface area contributed by atoms with E-state index in [2.05, 4.69) is 5.32 Å². The normalized spacial score (nSPS) is 14.2. The third kappa shape index (κ3) is 3.62. The fraction of sp³-hybridized carbons (Fsp3) is 0.417. The highest BCUT2D eigenvalue weighted by atomic mass is 19.1. The largest absolute Gasteiger partial charge is 0.352 e. The first-order chi connectivity index (χ1) is 7.50. The quantitative estimate of drug-likeness (QED) is 0.808. The summed E-state index contributed by atoms with van der Waals surface area (Å²) in [5.41, 5.74) is 6.02. The van der Waals surface area contributed by atoms with Crippen molar-refractivity contribution in [2.24, 2.45) is 5.73 Å². The molecule has 0 aliphatic heterocycles. The molecule has 2 atom stereocenters. The van der Waals surface area contributed by atoms with Crippen molar-refractivity contribution < 1.29 is 9.18 Å². The molecular formula is C12H17FN2O. The second kappa shape index (κ2) is 5.61. The lowest BCUT2D eigenvalue weighted by Crippen LogP contribution is -2.43. The van der Waals surface area contributed by atoms with Gasteiger partial charge in [-0.1, -0.05) is 18.2 Å². The average Bonchev–Trinajstić information content (AvgIpc) is 2.21. The average molecular weight is 224 g/mol. The Labute approximate surface area is 94.8 Å². The number of rotatable bonds is 4. The molecule has 3 N–H and O–H groups in total. The number of nitrogens with one attached hydrogen (secondary N) is 1. The summed E-state index contributed by atoms with van der Waals surface area (Å²) < 4.78 is 13.3. The van der Waals surface area contributed by atoms with E-state index in [1.165, 1.54) is 6.07 Å². The Kier molecular flexibility index (Phi) is 4.43. The van der Waals surface area contributed by atoms with Crippen molar-refractivity contribution in [2.75, 3.05) is 0 Å². The van der Waals surface area contributed by atoms with E-state index in [0.29, 0.717) is 12.0 Å². The summed E-state index contributed by atoms with van der Waals surface area (Å²) in [6.07, 6.45) is 0.463. The van der Waals surface area contributed by atoms with Gasteiger partial charge in [-0.3, -0.25) is 4.79 Å². The van der Waals surface area contributed by atoms with Crippen LogP contribution in [0.2, 0.25) is 0 Å². The molecule has 0 saturated heterocycles. The maximum atomic E-state index is 13.3. The predicted molar refractivity (Wildman–Crippen MR) is 61.4 cm³/mol. The molecule has 0 spiro atoms. The number of halogens is 1. The van der Waals surface area contributed by atoms with E-state index in [9.17, 15) is 9.18 Å². The number of carbonyl (C=O) groups excluding carboxylic acids is 1. The van der Waals surface area contributed by atoms with Crippen molar-refractivity contribution in [3.05, 3.63) is 35.6 Å². The summed E-state index contributed by atoms with van der Waals surface area (Å²) in [5.74, 6) is -0.465. The van der Waals surface area contributed by atoms with Gasteiger partial charge in [-0.15, -0.1) is 0 Å². The monoisotopic (exact) mass is 224 g/mol. The number of hydrogen-bond donors (Lipinski definition) is 2. The number of amides is 1. The predicted octanol–water partition coefficient (Wildman–Crippen LogP) is 1.22. The van der Waals surface area contributed by atoms with Crippen LogP contribution in [-0.2, 0) is 11.2 Å².